The molecular formula is C14H22N2O3S. The highest BCUT2D eigenvalue weighted by atomic mass is 32.2. The predicted octanol–water partition coefficient (Wildman–Crippen LogP) is 1.79. The highest BCUT2D eigenvalue weighted by Crippen LogP contribution is 2.25. The average Bonchev–Trinajstić information content (AvgIpc) is 2.26. The zero-order chi connectivity index (χ0) is 15.5. The van der Waals surface area contributed by atoms with Crippen LogP contribution in [0.5, 0.6) is 0 Å². The number of hydrogen-bond acceptors (Lipinski definition) is 3. The summed E-state index contributed by atoms with van der Waals surface area (Å²) >= 11 is 0. The SMILES string of the molecule is CCCCNC(=O)c1c(C)cc(C)c(S(N)(=O)=O)c1C. The molecule has 5 nitrogen and oxygen atoms in total. The summed E-state index contributed by atoms with van der Waals surface area (Å²) in [5.74, 6) is -0.252. The van der Waals surface area contributed by atoms with E-state index in [-0.39, 0.29) is 10.8 Å². The van der Waals surface area contributed by atoms with Gasteiger partial charge >= 0.3 is 0 Å². The highest BCUT2D eigenvalue weighted by molar-refractivity contribution is 7.89. The molecule has 1 aromatic rings. The molecule has 0 aromatic heterocycles. The number of primary sulfonamides is 1. The molecule has 0 saturated carbocycles. The first kappa shape index (κ1) is 16.7. The van der Waals surface area contributed by atoms with Crippen molar-refractivity contribution >= 4 is 15.9 Å². The smallest absolute Gasteiger partial charge is 0.251 e. The summed E-state index contributed by atoms with van der Waals surface area (Å²) < 4.78 is 23.3. The number of aryl methyl sites for hydroxylation is 2. The number of hydrogen-bond donors (Lipinski definition) is 2. The van der Waals surface area contributed by atoms with Crippen LogP contribution in [0.4, 0.5) is 0 Å². The van der Waals surface area contributed by atoms with E-state index >= 15 is 0 Å². The Bertz CT molecular complexity index is 622. The fourth-order valence-corrected chi connectivity index (χ4v) is 3.46. The number of sulfonamides is 1. The second-order valence-corrected chi connectivity index (χ2v) is 6.49. The molecule has 0 aliphatic heterocycles. The van der Waals surface area contributed by atoms with E-state index in [1.54, 1.807) is 26.8 Å². The van der Waals surface area contributed by atoms with E-state index in [2.05, 4.69) is 5.32 Å². The summed E-state index contributed by atoms with van der Waals surface area (Å²) in [4.78, 5) is 12.3. The summed E-state index contributed by atoms with van der Waals surface area (Å²) in [6.45, 7) is 7.70. The molecule has 0 bridgehead atoms. The summed E-state index contributed by atoms with van der Waals surface area (Å²) in [6, 6.07) is 1.68. The molecule has 112 valence electrons. The molecule has 0 fully saturated rings. The number of benzene rings is 1. The van der Waals surface area contributed by atoms with E-state index in [1.807, 2.05) is 6.92 Å². The lowest BCUT2D eigenvalue weighted by molar-refractivity contribution is 0.0951. The molecule has 20 heavy (non-hydrogen) atoms. The minimum atomic E-state index is -3.84. The van der Waals surface area contributed by atoms with Crippen molar-refractivity contribution in [1.82, 2.24) is 5.32 Å². The fourth-order valence-electron chi connectivity index (χ4n) is 2.42. The molecule has 1 rings (SSSR count). The topological polar surface area (TPSA) is 89.3 Å². The van der Waals surface area contributed by atoms with Crippen LogP contribution < -0.4 is 10.5 Å². The lowest BCUT2D eigenvalue weighted by Crippen LogP contribution is -2.27. The van der Waals surface area contributed by atoms with Gasteiger partial charge < -0.3 is 5.32 Å². The van der Waals surface area contributed by atoms with Gasteiger partial charge in [0, 0.05) is 12.1 Å². The van der Waals surface area contributed by atoms with Gasteiger partial charge in [-0.15, -0.1) is 0 Å². The largest absolute Gasteiger partial charge is 0.352 e. The molecule has 3 N–H and O–H groups in total. The molecule has 0 unspecified atom stereocenters. The zero-order valence-corrected chi connectivity index (χ0v) is 13.2. The molecule has 0 heterocycles. The van der Waals surface area contributed by atoms with Crippen LogP contribution in [0.2, 0.25) is 0 Å². The van der Waals surface area contributed by atoms with Crippen molar-refractivity contribution < 1.29 is 13.2 Å². The van der Waals surface area contributed by atoms with Crippen molar-refractivity contribution in [2.45, 2.75) is 45.4 Å². The molecule has 1 aromatic carbocycles. The van der Waals surface area contributed by atoms with Crippen LogP contribution >= 0.6 is 0 Å². The molecule has 1 amide bonds. The fraction of sp³-hybridized carbons (Fsp3) is 0.500. The summed E-state index contributed by atoms with van der Waals surface area (Å²) in [5.41, 5.74) is 2.13. The van der Waals surface area contributed by atoms with Gasteiger partial charge in [-0.3, -0.25) is 4.79 Å². The Balaban J connectivity index is 3.31. The zero-order valence-electron chi connectivity index (χ0n) is 12.4. The summed E-state index contributed by atoms with van der Waals surface area (Å²) in [6.07, 6.45) is 1.87. The van der Waals surface area contributed by atoms with Gasteiger partial charge in [-0.2, -0.15) is 0 Å². The first-order valence-corrected chi connectivity index (χ1v) is 8.16. The van der Waals surface area contributed by atoms with Crippen molar-refractivity contribution in [3.8, 4) is 0 Å². The van der Waals surface area contributed by atoms with Gasteiger partial charge in [0.1, 0.15) is 0 Å². The standard InChI is InChI=1S/C14H22N2O3S/c1-5-6-7-16-14(17)12-9(2)8-10(3)13(11(12)4)20(15,18)19/h8H,5-7H2,1-4H3,(H,16,17)(H2,15,18,19). The first-order chi connectivity index (χ1) is 9.20. The summed E-state index contributed by atoms with van der Waals surface area (Å²) in [5, 5.41) is 8.04. The van der Waals surface area contributed by atoms with Gasteiger partial charge in [-0.1, -0.05) is 19.4 Å². The maximum Gasteiger partial charge on any atom is 0.251 e. The second-order valence-electron chi connectivity index (χ2n) is 4.99. The van der Waals surface area contributed by atoms with Crippen molar-refractivity contribution in [3.05, 3.63) is 28.3 Å². The van der Waals surface area contributed by atoms with E-state index in [1.165, 1.54) is 0 Å². The third-order valence-electron chi connectivity index (χ3n) is 3.23. The monoisotopic (exact) mass is 298 g/mol. The lowest BCUT2D eigenvalue weighted by Gasteiger charge is -2.15. The van der Waals surface area contributed by atoms with Gasteiger partial charge in [0.25, 0.3) is 5.91 Å². The van der Waals surface area contributed by atoms with Crippen molar-refractivity contribution in [2.24, 2.45) is 5.14 Å². The number of rotatable bonds is 5. The Hall–Kier alpha value is -1.40. The first-order valence-electron chi connectivity index (χ1n) is 6.62. The maximum absolute atomic E-state index is 12.2. The molecule has 6 heteroatoms. The average molecular weight is 298 g/mol. The lowest BCUT2D eigenvalue weighted by atomic mass is 9.99. The molecule has 0 atom stereocenters. The van der Waals surface area contributed by atoms with Crippen LogP contribution in [0.25, 0.3) is 0 Å². The van der Waals surface area contributed by atoms with E-state index in [4.69, 9.17) is 5.14 Å². The van der Waals surface area contributed by atoms with Crippen LogP contribution in [-0.4, -0.2) is 20.9 Å². The number of carbonyl (C=O) groups is 1. The molecular weight excluding hydrogens is 276 g/mol. The second kappa shape index (κ2) is 6.37. The van der Waals surface area contributed by atoms with E-state index in [0.29, 0.717) is 23.2 Å². The number of nitrogens with two attached hydrogens (primary N) is 1. The molecule has 0 aliphatic carbocycles. The molecule has 0 radical (unpaired) electrons. The van der Waals surface area contributed by atoms with Gasteiger partial charge in [0.05, 0.1) is 4.90 Å². The van der Waals surface area contributed by atoms with E-state index < -0.39 is 10.0 Å². The highest BCUT2D eigenvalue weighted by Gasteiger charge is 2.22. The Morgan fingerprint density at radius 1 is 1.25 bits per heavy atom. The maximum atomic E-state index is 12.2. The van der Waals surface area contributed by atoms with Crippen LogP contribution in [0.15, 0.2) is 11.0 Å². The Morgan fingerprint density at radius 2 is 1.85 bits per heavy atom. The van der Waals surface area contributed by atoms with Crippen molar-refractivity contribution in [3.63, 3.8) is 0 Å². The third-order valence-corrected chi connectivity index (χ3v) is 4.43. The van der Waals surface area contributed by atoms with Crippen LogP contribution in [0.1, 0.15) is 46.8 Å². The van der Waals surface area contributed by atoms with E-state index in [9.17, 15) is 13.2 Å². The van der Waals surface area contributed by atoms with Gasteiger partial charge in [-0.25, -0.2) is 13.6 Å². The third kappa shape index (κ3) is 3.58. The minimum Gasteiger partial charge on any atom is -0.352 e. The molecule has 0 spiro atoms. The van der Waals surface area contributed by atoms with Crippen LogP contribution in [0, 0.1) is 20.8 Å². The van der Waals surface area contributed by atoms with Crippen LogP contribution in [-0.2, 0) is 10.0 Å². The number of unbranched alkanes of at least 4 members (excludes halogenated alkanes) is 1. The van der Waals surface area contributed by atoms with Gasteiger partial charge in [-0.05, 0) is 43.9 Å². The quantitative estimate of drug-likeness (QED) is 0.812. The summed E-state index contributed by atoms with van der Waals surface area (Å²) in [7, 11) is -3.84. The predicted molar refractivity (Wildman–Crippen MR) is 79.3 cm³/mol. The number of amides is 1. The molecule has 0 aliphatic rings. The van der Waals surface area contributed by atoms with Crippen molar-refractivity contribution in [1.29, 1.82) is 0 Å². The molecule has 0 saturated heterocycles. The number of carbonyl (C=O) groups excluding carboxylic acids is 1. The Morgan fingerprint density at radius 3 is 2.35 bits per heavy atom. The Kier molecular flexibility index (Phi) is 5.30. The number of nitrogens with one attached hydrogen (secondary N) is 1. The van der Waals surface area contributed by atoms with E-state index in [0.717, 1.165) is 18.4 Å². The van der Waals surface area contributed by atoms with Gasteiger partial charge in [0.2, 0.25) is 10.0 Å². The van der Waals surface area contributed by atoms with Gasteiger partial charge in [0.15, 0.2) is 0 Å². The van der Waals surface area contributed by atoms with Crippen LogP contribution in [0.3, 0.4) is 0 Å². The normalized spacial score (nSPS) is 11.4. The van der Waals surface area contributed by atoms with Crippen molar-refractivity contribution in [2.75, 3.05) is 6.54 Å². The minimum absolute atomic E-state index is 0.0451. The Labute approximate surface area is 120 Å².